The van der Waals surface area contributed by atoms with Crippen molar-refractivity contribution in [2.24, 2.45) is 0 Å². The van der Waals surface area contributed by atoms with Gasteiger partial charge in [0.15, 0.2) is 0 Å². The van der Waals surface area contributed by atoms with Crippen molar-refractivity contribution in [2.75, 3.05) is 0 Å². The van der Waals surface area contributed by atoms with Gasteiger partial charge in [-0.1, -0.05) is 20.8 Å². The van der Waals surface area contributed by atoms with Crippen LogP contribution in [0.15, 0.2) is 24.5 Å². The van der Waals surface area contributed by atoms with Crippen LogP contribution >= 0.6 is 0 Å². The molecule has 2 nitrogen and oxygen atoms in total. The van der Waals surface area contributed by atoms with Crippen molar-refractivity contribution in [2.45, 2.75) is 26.2 Å². The Balaban J connectivity index is 2.73. The molecule has 15 heavy (non-hydrogen) atoms. The van der Waals surface area contributed by atoms with E-state index in [-0.39, 0.29) is 11.2 Å². The van der Waals surface area contributed by atoms with Gasteiger partial charge >= 0.3 is 0 Å². The maximum Gasteiger partial charge on any atom is 0.129 e. The highest BCUT2D eigenvalue weighted by molar-refractivity contribution is 5.75. The molecule has 0 bridgehead atoms. The van der Waals surface area contributed by atoms with Gasteiger partial charge in [-0.15, -0.1) is 0 Å². The lowest BCUT2D eigenvalue weighted by Crippen LogP contribution is -2.13. The lowest BCUT2D eigenvalue weighted by Gasteiger charge is -2.19. The molecule has 0 aliphatic carbocycles. The van der Waals surface area contributed by atoms with Gasteiger partial charge in [-0.05, 0) is 17.0 Å². The molecule has 78 valence electrons. The Labute approximate surface area is 88.2 Å². The van der Waals surface area contributed by atoms with E-state index in [0.717, 1.165) is 5.52 Å². The van der Waals surface area contributed by atoms with E-state index in [1.165, 1.54) is 6.07 Å². The number of fused-ring (bicyclic) bond motifs is 1. The second-order valence-corrected chi connectivity index (χ2v) is 4.63. The zero-order valence-electron chi connectivity index (χ0n) is 9.08. The lowest BCUT2D eigenvalue weighted by molar-refractivity contribution is 0.524. The van der Waals surface area contributed by atoms with Crippen LogP contribution in [0.3, 0.4) is 0 Å². The normalized spacial score (nSPS) is 12.0. The molecule has 0 amide bonds. The van der Waals surface area contributed by atoms with Gasteiger partial charge in [0.25, 0.3) is 0 Å². The van der Waals surface area contributed by atoms with E-state index in [1.54, 1.807) is 18.5 Å². The zero-order chi connectivity index (χ0) is 11.1. The molecule has 0 spiro atoms. The van der Waals surface area contributed by atoms with Crippen molar-refractivity contribution in [3.8, 4) is 0 Å². The van der Waals surface area contributed by atoms with Gasteiger partial charge in [0.05, 0.1) is 11.0 Å². The molecule has 0 saturated carbocycles. The molecule has 1 aromatic heterocycles. The average molecular weight is 204 g/mol. The van der Waals surface area contributed by atoms with Gasteiger partial charge in [-0.3, -0.25) is 9.97 Å². The summed E-state index contributed by atoms with van der Waals surface area (Å²) in [6.07, 6.45) is 3.19. The van der Waals surface area contributed by atoms with Gasteiger partial charge in [0.2, 0.25) is 0 Å². The summed E-state index contributed by atoms with van der Waals surface area (Å²) in [5.74, 6) is -0.212. The summed E-state index contributed by atoms with van der Waals surface area (Å²) in [5, 5.41) is 0. The molecule has 0 radical (unpaired) electrons. The van der Waals surface area contributed by atoms with E-state index in [4.69, 9.17) is 0 Å². The Hall–Kier alpha value is -1.51. The summed E-state index contributed by atoms with van der Waals surface area (Å²) < 4.78 is 13.7. The van der Waals surface area contributed by atoms with Crippen molar-refractivity contribution < 1.29 is 4.39 Å². The van der Waals surface area contributed by atoms with Gasteiger partial charge in [0.1, 0.15) is 5.82 Å². The summed E-state index contributed by atoms with van der Waals surface area (Å²) >= 11 is 0. The minimum absolute atomic E-state index is 0.212. The van der Waals surface area contributed by atoms with Crippen LogP contribution in [0.2, 0.25) is 0 Å². The summed E-state index contributed by atoms with van der Waals surface area (Å²) in [6.45, 7) is 5.94. The summed E-state index contributed by atoms with van der Waals surface area (Å²) in [4.78, 5) is 8.23. The first-order valence-electron chi connectivity index (χ1n) is 4.89. The first-order valence-corrected chi connectivity index (χ1v) is 4.89. The van der Waals surface area contributed by atoms with E-state index >= 15 is 0 Å². The van der Waals surface area contributed by atoms with E-state index in [1.807, 2.05) is 20.8 Å². The zero-order valence-corrected chi connectivity index (χ0v) is 9.08. The number of hydrogen-bond acceptors (Lipinski definition) is 2. The fraction of sp³-hybridized carbons (Fsp3) is 0.333. The molecule has 2 aromatic rings. The quantitative estimate of drug-likeness (QED) is 0.659. The van der Waals surface area contributed by atoms with E-state index < -0.39 is 0 Å². The molecule has 2 rings (SSSR count). The van der Waals surface area contributed by atoms with Crippen molar-refractivity contribution in [1.29, 1.82) is 0 Å². The topological polar surface area (TPSA) is 25.8 Å². The number of aromatic nitrogens is 2. The molecule has 1 heterocycles. The van der Waals surface area contributed by atoms with Crippen molar-refractivity contribution in [3.63, 3.8) is 0 Å². The highest BCUT2D eigenvalue weighted by Gasteiger charge is 2.19. The van der Waals surface area contributed by atoms with Gasteiger partial charge < -0.3 is 0 Å². The van der Waals surface area contributed by atoms with Gasteiger partial charge in [-0.25, -0.2) is 4.39 Å². The number of halogens is 1. The number of rotatable bonds is 0. The minimum Gasteiger partial charge on any atom is -0.253 e. The van der Waals surface area contributed by atoms with Gasteiger partial charge in [0, 0.05) is 18.5 Å². The van der Waals surface area contributed by atoms with Crippen LogP contribution in [0.1, 0.15) is 26.3 Å². The van der Waals surface area contributed by atoms with E-state index in [0.29, 0.717) is 11.1 Å². The first kappa shape index (κ1) is 10.0. The van der Waals surface area contributed by atoms with Crippen molar-refractivity contribution in [1.82, 2.24) is 9.97 Å². The molecular weight excluding hydrogens is 191 g/mol. The Morgan fingerprint density at radius 2 is 1.53 bits per heavy atom. The molecule has 0 fully saturated rings. The molecule has 0 aliphatic rings. The van der Waals surface area contributed by atoms with Crippen LogP contribution < -0.4 is 0 Å². The lowest BCUT2D eigenvalue weighted by atomic mass is 9.86. The molecule has 0 unspecified atom stereocenters. The van der Waals surface area contributed by atoms with Crippen LogP contribution in [-0.2, 0) is 5.41 Å². The van der Waals surface area contributed by atoms with E-state index in [2.05, 4.69) is 9.97 Å². The Bertz CT molecular complexity index is 500. The molecule has 1 aromatic carbocycles. The van der Waals surface area contributed by atoms with Crippen LogP contribution in [0.25, 0.3) is 11.0 Å². The largest absolute Gasteiger partial charge is 0.253 e. The van der Waals surface area contributed by atoms with Crippen LogP contribution in [-0.4, -0.2) is 9.97 Å². The van der Waals surface area contributed by atoms with E-state index in [9.17, 15) is 4.39 Å². The molecule has 0 N–H and O–H groups in total. The van der Waals surface area contributed by atoms with Crippen LogP contribution in [0.5, 0.6) is 0 Å². The summed E-state index contributed by atoms with van der Waals surface area (Å²) in [7, 11) is 0. The number of nitrogens with zero attached hydrogens (tertiary/aromatic N) is 2. The molecule has 0 aliphatic heterocycles. The summed E-state index contributed by atoms with van der Waals surface area (Å²) in [6, 6.07) is 3.22. The van der Waals surface area contributed by atoms with Crippen LogP contribution in [0.4, 0.5) is 4.39 Å². The summed E-state index contributed by atoms with van der Waals surface area (Å²) in [5.41, 5.74) is 1.80. The predicted octanol–water partition coefficient (Wildman–Crippen LogP) is 3.07. The van der Waals surface area contributed by atoms with Crippen molar-refractivity contribution in [3.05, 3.63) is 35.9 Å². The number of hydrogen-bond donors (Lipinski definition) is 0. The molecular formula is C12H13FN2. The standard InChI is InChI=1S/C12H13FN2/c1-12(2,3)8-6-10-11(7-9(8)13)15-5-4-14-10/h4-7H,1-3H3. The maximum atomic E-state index is 13.7. The van der Waals surface area contributed by atoms with Gasteiger partial charge in [-0.2, -0.15) is 0 Å². The predicted molar refractivity (Wildman–Crippen MR) is 58.2 cm³/mol. The average Bonchev–Trinajstić information content (AvgIpc) is 2.15. The Kier molecular flexibility index (Phi) is 2.18. The van der Waals surface area contributed by atoms with Crippen LogP contribution in [0, 0.1) is 5.82 Å². The highest BCUT2D eigenvalue weighted by Crippen LogP contribution is 2.27. The fourth-order valence-corrected chi connectivity index (χ4v) is 1.56. The maximum absolute atomic E-state index is 13.7. The third kappa shape index (κ3) is 1.82. The number of benzene rings is 1. The SMILES string of the molecule is CC(C)(C)c1cc2nccnc2cc1F. The Morgan fingerprint density at radius 3 is 2.07 bits per heavy atom. The second-order valence-electron chi connectivity index (χ2n) is 4.63. The first-order chi connectivity index (χ1) is 6.98. The second kappa shape index (κ2) is 3.26. The molecule has 0 atom stereocenters. The minimum atomic E-state index is -0.213. The third-order valence-corrected chi connectivity index (χ3v) is 2.37. The molecule has 0 saturated heterocycles. The third-order valence-electron chi connectivity index (χ3n) is 2.37. The monoisotopic (exact) mass is 204 g/mol. The Morgan fingerprint density at radius 1 is 1.00 bits per heavy atom. The smallest absolute Gasteiger partial charge is 0.129 e. The molecule has 3 heteroatoms. The van der Waals surface area contributed by atoms with Crippen molar-refractivity contribution >= 4 is 11.0 Å². The highest BCUT2D eigenvalue weighted by atomic mass is 19.1. The fourth-order valence-electron chi connectivity index (χ4n) is 1.56.